The van der Waals surface area contributed by atoms with Crippen LogP contribution in [0, 0.1) is 5.92 Å². The zero-order valence-electron chi connectivity index (χ0n) is 14.8. The number of guanidine groups is 1. The third-order valence-corrected chi connectivity index (χ3v) is 4.52. The van der Waals surface area contributed by atoms with E-state index in [9.17, 15) is 0 Å². The number of nitrogens with zero attached hydrogens (tertiary/aromatic N) is 2. The second-order valence-corrected chi connectivity index (χ2v) is 6.52. The molecule has 0 spiro atoms. The van der Waals surface area contributed by atoms with E-state index in [0.717, 1.165) is 44.3 Å². The second kappa shape index (κ2) is 9.74. The maximum Gasteiger partial charge on any atom is 0.193 e. The number of hydrogen-bond acceptors (Lipinski definition) is 3. The quantitative estimate of drug-likeness (QED) is 0.604. The lowest BCUT2D eigenvalue weighted by molar-refractivity contribution is 0.180. The van der Waals surface area contributed by atoms with Crippen LogP contribution < -0.4 is 10.1 Å². The van der Waals surface area contributed by atoms with Crippen LogP contribution in [0.2, 0.25) is 5.02 Å². The molecule has 1 fully saturated rings. The van der Waals surface area contributed by atoms with Gasteiger partial charge in [-0.2, -0.15) is 0 Å². The van der Waals surface area contributed by atoms with Gasteiger partial charge in [0.2, 0.25) is 0 Å². The molecule has 1 saturated heterocycles. The van der Waals surface area contributed by atoms with Crippen LogP contribution >= 0.6 is 11.6 Å². The van der Waals surface area contributed by atoms with Crippen LogP contribution in [0.15, 0.2) is 29.3 Å². The number of hydrogen-bond donors (Lipinski definition) is 1. The molecule has 1 heterocycles. The van der Waals surface area contributed by atoms with E-state index in [-0.39, 0.29) is 6.10 Å². The maximum atomic E-state index is 6.17. The Balaban J connectivity index is 1.84. The van der Waals surface area contributed by atoms with Gasteiger partial charge in [-0.1, -0.05) is 30.7 Å². The fourth-order valence-corrected chi connectivity index (χ4v) is 2.96. The molecule has 2 rings (SSSR count). The zero-order chi connectivity index (χ0) is 17.4. The highest BCUT2D eigenvalue weighted by Gasteiger charge is 2.19. The minimum Gasteiger partial charge on any atom is -0.487 e. The van der Waals surface area contributed by atoms with Crippen LogP contribution in [0.1, 0.15) is 19.8 Å². The Kier molecular flexibility index (Phi) is 7.66. The summed E-state index contributed by atoms with van der Waals surface area (Å²) in [5.41, 5.74) is 0. The van der Waals surface area contributed by atoms with Gasteiger partial charge < -0.3 is 19.7 Å². The Labute approximate surface area is 150 Å². The lowest BCUT2D eigenvalue weighted by Gasteiger charge is -2.26. The molecule has 1 aliphatic heterocycles. The van der Waals surface area contributed by atoms with Crippen LogP contribution in [0.3, 0.4) is 0 Å². The molecule has 5 nitrogen and oxygen atoms in total. The van der Waals surface area contributed by atoms with Crippen molar-refractivity contribution in [3.63, 3.8) is 0 Å². The van der Waals surface area contributed by atoms with Gasteiger partial charge in [0.25, 0.3) is 0 Å². The maximum absolute atomic E-state index is 6.17. The minimum absolute atomic E-state index is 0.0323. The molecule has 134 valence electrons. The predicted molar refractivity (Wildman–Crippen MR) is 99.1 cm³/mol. The molecule has 0 aromatic heterocycles. The number of aliphatic imine (C=N–C) groups is 1. The highest BCUT2D eigenvalue weighted by atomic mass is 35.5. The van der Waals surface area contributed by atoms with E-state index < -0.39 is 0 Å². The van der Waals surface area contributed by atoms with Crippen molar-refractivity contribution in [1.29, 1.82) is 0 Å². The SMILES string of the molecule is CCC(CNC(=NC)N(C)CC1CCOC1)Oc1ccccc1Cl. The molecule has 2 atom stereocenters. The smallest absolute Gasteiger partial charge is 0.193 e. The third kappa shape index (κ3) is 5.56. The van der Waals surface area contributed by atoms with Gasteiger partial charge in [-0.3, -0.25) is 4.99 Å². The van der Waals surface area contributed by atoms with Crippen molar-refractivity contribution in [1.82, 2.24) is 10.2 Å². The highest BCUT2D eigenvalue weighted by Crippen LogP contribution is 2.24. The highest BCUT2D eigenvalue weighted by molar-refractivity contribution is 6.32. The molecule has 1 aromatic carbocycles. The molecule has 24 heavy (non-hydrogen) atoms. The Bertz CT molecular complexity index is 533. The summed E-state index contributed by atoms with van der Waals surface area (Å²) in [4.78, 5) is 6.52. The van der Waals surface area contributed by atoms with Crippen molar-refractivity contribution in [3.05, 3.63) is 29.3 Å². The molecule has 1 N–H and O–H groups in total. The number of para-hydroxylation sites is 1. The van der Waals surface area contributed by atoms with E-state index in [2.05, 4.69) is 29.2 Å². The zero-order valence-corrected chi connectivity index (χ0v) is 15.6. The van der Waals surface area contributed by atoms with Gasteiger partial charge >= 0.3 is 0 Å². The lowest BCUT2D eigenvalue weighted by atomic mass is 10.1. The standard InChI is InChI=1S/C18H28ClN3O2/c1-4-15(24-17-8-6-5-7-16(17)19)11-21-18(20-2)22(3)12-14-9-10-23-13-14/h5-8,14-15H,4,9-13H2,1-3H3,(H,20,21). The Morgan fingerprint density at radius 2 is 2.29 bits per heavy atom. The largest absolute Gasteiger partial charge is 0.487 e. The number of nitrogens with one attached hydrogen (secondary N) is 1. The van der Waals surface area contributed by atoms with Gasteiger partial charge in [0.05, 0.1) is 18.2 Å². The van der Waals surface area contributed by atoms with Crippen LogP contribution in [0.25, 0.3) is 0 Å². The summed E-state index contributed by atoms with van der Waals surface area (Å²) in [6.45, 7) is 5.44. The number of rotatable bonds is 7. The molecule has 0 amide bonds. The summed E-state index contributed by atoms with van der Waals surface area (Å²) in [6.07, 6.45) is 2.04. The fourth-order valence-electron chi connectivity index (χ4n) is 2.78. The average Bonchev–Trinajstić information content (AvgIpc) is 3.09. The molecule has 6 heteroatoms. The van der Waals surface area contributed by atoms with Crippen LogP contribution in [0.5, 0.6) is 5.75 Å². The van der Waals surface area contributed by atoms with Crippen LogP contribution in [0.4, 0.5) is 0 Å². The van der Waals surface area contributed by atoms with Gasteiger partial charge in [-0.15, -0.1) is 0 Å². The first kappa shape index (κ1) is 18.9. The topological polar surface area (TPSA) is 46.1 Å². The van der Waals surface area contributed by atoms with Crippen molar-refractivity contribution < 1.29 is 9.47 Å². The normalized spacial score (nSPS) is 19.2. The molecular weight excluding hydrogens is 326 g/mol. The van der Waals surface area contributed by atoms with E-state index in [0.29, 0.717) is 17.5 Å². The summed E-state index contributed by atoms with van der Waals surface area (Å²) in [6, 6.07) is 7.56. The minimum atomic E-state index is 0.0323. The molecule has 0 saturated carbocycles. The molecule has 2 unspecified atom stereocenters. The Morgan fingerprint density at radius 1 is 1.50 bits per heavy atom. The van der Waals surface area contributed by atoms with Gasteiger partial charge in [0.15, 0.2) is 5.96 Å². The van der Waals surface area contributed by atoms with Crippen molar-refractivity contribution in [3.8, 4) is 5.75 Å². The van der Waals surface area contributed by atoms with Crippen LogP contribution in [-0.2, 0) is 4.74 Å². The molecular formula is C18H28ClN3O2. The van der Waals surface area contributed by atoms with E-state index in [1.807, 2.05) is 24.3 Å². The average molecular weight is 354 g/mol. The molecule has 0 aliphatic carbocycles. The Hall–Kier alpha value is -1.46. The predicted octanol–water partition coefficient (Wildman–Crippen LogP) is 3.04. The summed E-state index contributed by atoms with van der Waals surface area (Å²) >= 11 is 6.17. The fraction of sp³-hybridized carbons (Fsp3) is 0.611. The Morgan fingerprint density at radius 3 is 2.92 bits per heavy atom. The number of halogens is 1. The van der Waals surface area contributed by atoms with Crippen molar-refractivity contribution in [2.24, 2.45) is 10.9 Å². The van der Waals surface area contributed by atoms with E-state index >= 15 is 0 Å². The summed E-state index contributed by atoms with van der Waals surface area (Å²) in [5, 5.41) is 4.04. The summed E-state index contributed by atoms with van der Waals surface area (Å²) < 4.78 is 11.5. The molecule has 1 aromatic rings. The van der Waals surface area contributed by atoms with E-state index in [4.69, 9.17) is 21.1 Å². The van der Waals surface area contributed by atoms with Gasteiger partial charge in [-0.05, 0) is 25.0 Å². The summed E-state index contributed by atoms with van der Waals surface area (Å²) in [5.74, 6) is 2.18. The first-order valence-electron chi connectivity index (χ1n) is 8.54. The third-order valence-electron chi connectivity index (χ3n) is 4.20. The second-order valence-electron chi connectivity index (χ2n) is 6.12. The summed E-state index contributed by atoms with van der Waals surface area (Å²) in [7, 11) is 3.86. The monoisotopic (exact) mass is 353 g/mol. The molecule has 0 radical (unpaired) electrons. The van der Waals surface area contributed by atoms with Crippen molar-refractivity contribution in [2.75, 3.05) is 40.4 Å². The van der Waals surface area contributed by atoms with Gasteiger partial charge in [0, 0.05) is 33.2 Å². The van der Waals surface area contributed by atoms with E-state index in [1.165, 1.54) is 0 Å². The van der Waals surface area contributed by atoms with E-state index in [1.54, 1.807) is 7.05 Å². The van der Waals surface area contributed by atoms with Crippen LogP contribution in [-0.4, -0.2) is 57.4 Å². The first-order chi connectivity index (χ1) is 11.6. The lowest BCUT2D eigenvalue weighted by Crippen LogP contribution is -2.45. The molecule has 0 bridgehead atoms. The number of ether oxygens (including phenoxy) is 2. The van der Waals surface area contributed by atoms with Crippen molar-refractivity contribution >= 4 is 17.6 Å². The first-order valence-corrected chi connectivity index (χ1v) is 8.92. The molecule has 1 aliphatic rings. The van der Waals surface area contributed by atoms with Gasteiger partial charge in [-0.25, -0.2) is 0 Å². The van der Waals surface area contributed by atoms with Crippen molar-refractivity contribution in [2.45, 2.75) is 25.9 Å². The number of benzene rings is 1. The van der Waals surface area contributed by atoms with Gasteiger partial charge in [0.1, 0.15) is 11.9 Å².